The smallest absolute Gasteiger partial charge is 0.313 e. The third kappa shape index (κ3) is 4.66. The zero-order chi connectivity index (χ0) is 13.4. The minimum absolute atomic E-state index is 0.0110. The number of carboxylic acid groups (broad SMARTS) is 1. The van der Waals surface area contributed by atoms with E-state index in [2.05, 4.69) is 10.2 Å². The molecule has 1 heterocycles. The lowest BCUT2D eigenvalue weighted by Gasteiger charge is -2.06. The van der Waals surface area contributed by atoms with Crippen molar-refractivity contribution in [1.29, 1.82) is 0 Å². The van der Waals surface area contributed by atoms with Gasteiger partial charge >= 0.3 is 5.97 Å². The molecule has 0 amide bonds. The number of aromatic nitrogens is 3. The van der Waals surface area contributed by atoms with Crippen LogP contribution in [0.4, 0.5) is 0 Å². The van der Waals surface area contributed by atoms with E-state index in [0.29, 0.717) is 11.8 Å². The Morgan fingerprint density at radius 2 is 2.22 bits per heavy atom. The lowest BCUT2D eigenvalue weighted by atomic mass is 10.3. The topological polar surface area (TPSA) is 77.2 Å². The third-order valence-corrected chi connectivity index (χ3v) is 3.28. The molecule has 1 N–H and O–H groups in total. The molecule has 0 radical (unpaired) electrons. The quantitative estimate of drug-likeness (QED) is 0.542. The highest BCUT2D eigenvalue weighted by Gasteiger charge is 2.12. The second-order valence-corrected chi connectivity index (χ2v) is 4.57. The molecule has 1 aromatic heterocycles. The Morgan fingerprint density at radius 1 is 1.44 bits per heavy atom. The van der Waals surface area contributed by atoms with Gasteiger partial charge in [-0.25, -0.2) is 0 Å². The normalized spacial score (nSPS) is 10.8. The van der Waals surface area contributed by atoms with Crippen molar-refractivity contribution in [2.24, 2.45) is 0 Å². The molecule has 0 saturated heterocycles. The van der Waals surface area contributed by atoms with E-state index < -0.39 is 5.97 Å². The van der Waals surface area contributed by atoms with Crippen LogP contribution in [-0.2, 0) is 22.5 Å². The summed E-state index contributed by atoms with van der Waals surface area (Å²) < 4.78 is 7.23. The molecular formula is C11H19N3O3S. The lowest BCUT2D eigenvalue weighted by molar-refractivity contribution is -0.133. The molecule has 0 unspecified atom stereocenters. The van der Waals surface area contributed by atoms with Crippen molar-refractivity contribution >= 4 is 17.7 Å². The highest BCUT2D eigenvalue weighted by molar-refractivity contribution is 7.99. The van der Waals surface area contributed by atoms with Gasteiger partial charge in [0.05, 0.1) is 5.75 Å². The number of aliphatic carboxylic acids is 1. The summed E-state index contributed by atoms with van der Waals surface area (Å²) in [6, 6.07) is 0. The number of carboxylic acids is 1. The van der Waals surface area contributed by atoms with Crippen LogP contribution in [0.25, 0.3) is 0 Å². The Hall–Kier alpha value is -1.08. The summed E-state index contributed by atoms with van der Waals surface area (Å²) in [5.41, 5.74) is 0. The minimum Gasteiger partial charge on any atom is -0.481 e. The van der Waals surface area contributed by atoms with Gasteiger partial charge in [0, 0.05) is 26.2 Å². The average Bonchev–Trinajstić information content (AvgIpc) is 2.74. The highest BCUT2D eigenvalue weighted by atomic mass is 32.2. The van der Waals surface area contributed by atoms with E-state index in [4.69, 9.17) is 9.84 Å². The van der Waals surface area contributed by atoms with E-state index in [-0.39, 0.29) is 5.75 Å². The second-order valence-electron chi connectivity index (χ2n) is 3.63. The van der Waals surface area contributed by atoms with E-state index in [1.165, 1.54) is 11.8 Å². The molecule has 7 heteroatoms. The maximum Gasteiger partial charge on any atom is 0.313 e. The predicted molar refractivity (Wildman–Crippen MR) is 68.9 cm³/mol. The first-order valence-corrected chi connectivity index (χ1v) is 7.02. The number of carbonyl (C=O) groups is 1. The summed E-state index contributed by atoms with van der Waals surface area (Å²) in [6.45, 7) is 6.15. The number of aryl methyl sites for hydroxylation is 1. The highest BCUT2D eigenvalue weighted by Crippen LogP contribution is 2.17. The number of hydrogen-bond acceptors (Lipinski definition) is 5. The number of ether oxygens (including phenoxy) is 1. The van der Waals surface area contributed by atoms with Gasteiger partial charge in [0.15, 0.2) is 5.16 Å². The zero-order valence-electron chi connectivity index (χ0n) is 10.8. The van der Waals surface area contributed by atoms with Crippen molar-refractivity contribution in [3.8, 4) is 0 Å². The van der Waals surface area contributed by atoms with Gasteiger partial charge in [-0.2, -0.15) is 0 Å². The van der Waals surface area contributed by atoms with Crippen LogP contribution in [0.15, 0.2) is 5.16 Å². The second kappa shape index (κ2) is 8.10. The van der Waals surface area contributed by atoms with E-state index in [1.54, 1.807) is 0 Å². The molecule has 0 atom stereocenters. The molecule has 0 saturated carbocycles. The molecule has 1 aromatic rings. The van der Waals surface area contributed by atoms with Crippen LogP contribution in [0.5, 0.6) is 0 Å². The Kier molecular flexibility index (Phi) is 6.74. The van der Waals surface area contributed by atoms with Gasteiger partial charge in [-0.3, -0.25) is 4.79 Å². The van der Waals surface area contributed by atoms with Crippen molar-refractivity contribution in [2.45, 2.75) is 38.4 Å². The molecule has 1 rings (SSSR count). The summed E-state index contributed by atoms with van der Waals surface area (Å²) in [4.78, 5) is 10.5. The third-order valence-electron chi connectivity index (χ3n) is 2.33. The molecule has 0 aliphatic rings. The fourth-order valence-electron chi connectivity index (χ4n) is 1.53. The first-order valence-electron chi connectivity index (χ1n) is 6.03. The maximum absolute atomic E-state index is 10.5. The SMILES string of the molecule is CCOCCCc1nnc(SCC(=O)O)n1CC. The molecule has 0 fully saturated rings. The molecule has 0 aromatic carbocycles. The van der Waals surface area contributed by atoms with Gasteiger partial charge in [-0.15, -0.1) is 10.2 Å². The predicted octanol–water partition coefficient (Wildman–Crippen LogP) is 1.44. The largest absolute Gasteiger partial charge is 0.481 e. The van der Waals surface area contributed by atoms with Crippen LogP contribution in [0.3, 0.4) is 0 Å². The monoisotopic (exact) mass is 273 g/mol. The molecule has 0 bridgehead atoms. The number of rotatable bonds is 9. The Labute approximate surface area is 111 Å². The van der Waals surface area contributed by atoms with E-state index in [1.807, 2.05) is 18.4 Å². The van der Waals surface area contributed by atoms with E-state index in [9.17, 15) is 4.79 Å². The lowest BCUT2D eigenvalue weighted by Crippen LogP contribution is -2.06. The molecule has 6 nitrogen and oxygen atoms in total. The summed E-state index contributed by atoms with van der Waals surface area (Å²) >= 11 is 1.20. The van der Waals surface area contributed by atoms with Crippen LogP contribution in [0.2, 0.25) is 0 Å². The maximum atomic E-state index is 10.5. The fraction of sp³-hybridized carbons (Fsp3) is 0.727. The number of hydrogen-bond donors (Lipinski definition) is 1. The molecular weight excluding hydrogens is 254 g/mol. The van der Waals surface area contributed by atoms with Crippen molar-refractivity contribution in [1.82, 2.24) is 14.8 Å². The van der Waals surface area contributed by atoms with E-state index >= 15 is 0 Å². The molecule has 0 aliphatic heterocycles. The molecule has 0 spiro atoms. The first-order chi connectivity index (χ1) is 8.69. The summed E-state index contributed by atoms with van der Waals surface area (Å²) in [7, 11) is 0. The molecule has 102 valence electrons. The van der Waals surface area contributed by atoms with Crippen molar-refractivity contribution < 1.29 is 14.6 Å². The first kappa shape index (κ1) is 15.0. The van der Waals surface area contributed by atoms with Crippen LogP contribution >= 0.6 is 11.8 Å². The van der Waals surface area contributed by atoms with Gasteiger partial charge in [0.25, 0.3) is 0 Å². The Morgan fingerprint density at radius 3 is 2.83 bits per heavy atom. The minimum atomic E-state index is -0.844. The van der Waals surface area contributed by atoms with Crippen LogP contribution in [-0.4, -0.2) is 44.8 Å². The van der Waals surface area contributed by atoms with Crippen LogP contribution in [0, 0.1) is 0 Å². The van der Waals surface area contributed by atoms with Gasteiger partial charge in [-0.05, 0) is 20.3 Å². The Balaban J connectivity index is 2.54. The van der Waals surface area contributed by atoms with Crippen LogP contribution in [0.1, 0.15) is 26.1 Å². The van der Waals surface area contributed by atoms with Gasteiger partial charge in [-0.1, -0.05) is 11.8 Å². The average molecular weight is 273 g/mol. The molecule has 0 aliphatic carbocycles. The summed E-state index contributed by atoms with van der Waals surface area (Å²) in [5.74, 6) is 0.0607. The van der Waals surface area contributed by atoms with Crippen molar-refractivity contribution in [3.63, 3.8) is 0 Å². The van der Waals surface area contributed by atoms with E-state index in [0.717, 1.165) is 31.8 Å². The van der Waals surface area contributed by atoms with Crippen molar-refractivity contribution in [2.75, 3.05) is 19.0 Å². The van der Waals surface area contributed by atoms with Crippen molar-refractivity contribution in [3.05, 3.63) is 5.82 Å². The number of nitrogens with zero attached hydrogens (tertiary/aromatic N) is 3. The fourth-order valence-corrected chi connectivity index (χ4v) is 2.27. The van der Waals surface area contributed by atoms with Crippen LogP contribution < -0.4 is 0 Å². The van der Waals surface area contributed by atoms with Gasteiger partial charge in [0.2, 0.25) is 0 Å². The summed E-state index contributed by atoms with van der Waals surface area (Å²) in [6.07, 6.45) is 1.70. The zero-order valence-corrected chi connectivity index (χ0v) is 11.6. The van der Waals surface area contributed by atoms with Gasteiger partial charge < -0.3 is 14.4 Å². The molecule has 18 heavy (non-hydrogen) atoms. The summed E-state index contributed by atoms with van der Waals surface area (Å²) in [5, 5.41) is 17.5. The Bertz CT molecular complexity index is 382. The van der Waals surface area contributed by atoms with Gasteiger partial charge in [0.1, 0.15) is 5.82 Å². The standard InChI is InChI=1S/C11H19N3O3S/c1-3-14-9(6-5-7-17-4-2)12-13-11(14)18-8-10(15)16/h3-8H2,1-2H3,(H,15,16). The number of thioether (sulfide) groups is 1.